The molecule has 0 spiro atoms. The molecule has 1 aromatic heterocycles. The van der Waals surface area contributed by atoms with E-state index in [4.69, 9.17) is 4.74 Å². The molecule has 1 aromatic carbocycles. The first-order chi connectivity index (χ1) is 21.8. The zero-order valence-corrected chi connectivity index (χ0v) is 28.3. The van der Waals surface area contributed by atoms with Crippen molar-refractivity contribution in [2.75, 3.05) is 0 Å². The third-order valence-corrected chi connectivity index (χ3v) is 13.1. The first-order valence-electron chi connectivity index (χ1n) is 17.3. The Kier molecular flexibility index (Phi) is 7.94. The summed E-state index contributed by atoms with van der Waals surface area (Å²) in [7, 11) is 0. The number of benzene rings is 1. The van der Waals surface area contributed by atoms with Crippen LogP contribution >= 0.6 is 0 Å². The summed E-state index contributed by atoms with van der Waals surface area (Å²) in [5.74, 6) is 1.11. The van der Waals surface area contributed by atoms with Crippen molar-refractivity contribution < 1.29 is 9.53 Å². The highest BCUT2D eigenvalue weighted by Crippen LogP contribution is 2.70. The summed E-state index contributed by atoms with van der Waals surface area (Å²) in [6, 6.07) is 14.0. The molecule has 46 heavy (non-hydrogen) atoms. The molecular weight excluding hydrogens is 578 g/mol. The van der Waals surface area contributed by atoms with Crippen LogP contribution in [-0.2, 0) is 20.6 Å². The van der Waals surface area contributed by atoms with Crippen molar-refractivity contribution >= 4 is 5.97 Å². The van der Waals surface area contributed by atoms with Crippen LogP contribution < -0.4 is 11.4 Å². The monoisotopic (exact) mass is 627 g/mol. The number of esters is 1. The molecule has 4 aliphatic rings. The fourth-order valence-electron chi connectivity index (χ4n) is 10.9. The molecule has 246 valence electrons. The number of para-hydroxylation sites is 1. The van der Waals surface area contributed by atoms with Crippen LogP contribution in [0, 0.1) is 63.1 Å². The van der Waals surface area contributed by atoms with Gasteiger partial charge in [0.1, 0.15) is 6.10 Å². The van der Waals surface area contributed by atoms with E-state index in [2.05, 4.69) is 46.8 Å². The predicted octanol–water partition coefficient (Wildman–Crippen LogP) is 6.28. The van der Waals surface area contributed by atoms with Gasteiger partial charge in [0.05, 0.1) is 17.8 Å². The number of aromatic nitrogens is 3. The minimum Gasteiger partial charge on any atom is -0.462 e. The van der Waals surface area contributed by atoms with Gasteiger partial charge in [0.2, 0.25) is 0 Å². The molecule has 9 nitrogen and oxygen atoms in total. The molecule has 3 unspecified atom stereocenters. The maximum Gasteiger partial charge on any atom is 0.353 e. The Morgan fingerprint density at radius 3 is 2.28 bits per heavy atom. The number of fused-ring (bicyclic) bond motifs is 7. The molecule has 0 N–H and O–H groups in total. The summed E-state index contributed by atoms with van der Waals surface area (Å²) in [5, 5.41) is 22.6. The van der Waals surface area contributed by atoms with Gasteiger partial charge in [-0.05, 0) is 79.7 Å². The van der Waals surface area contributed by atoms with E-state index in [9.17, 15) is 24.9 Å². The number of carbonyl (C=O) groups is 1. The molecule has 2 heterocycles. The van der Waals surface area contributed by atoms with Gasteiger partial charge in [0, 0.05) is 24.7 Å². The Labute approximate surface area is 272 Å². The Morgan fingerprint density at radius 1 is 0.957 bits per heavy atom. The van der Waals surface area contributed by atoms with Gasteiger partial charge in [-0.3, -0.25) is 4.79 Å². The van der Waals surface area contributed by atoms with Gasteiger partial charge in [-0.15, -0.1) is 0 Å². The van der Waals surface area contributed by atoms with Crippen LogP contribution in [0.5, 0.6) is 0 Å². The highest BCUT2D eigenvalue weighted by molar-refractivity contribution is 5.66. The summed E-state index contributed by atoms with van der Waals surface area (Å²) in [6.07, 6.45) is 7.37. The molecule has 3 fully saturated rings. The Bertz CT molecular complexity index is 1710. The molecule has 3 aliphatic carbocycles. The molecule has 6 rings (SSSR count). The van der Waals surface area contributed by atoms with E-state index in [0.717, 1.165) is 17.4 Å². The van der Waals surface area contributed by atoms with Crippen LogP contribution in [0.1, 0.15) is 106 Å². The maximum atomic E-state index is 14.6. The lowest BCUT2D eigenvalue weighted by Crippen LogP contribution is -2.73. The second kappa shape index (κ2) is 11.3. The predicted molar refractivity (Wildman–Crippen MR) is 174 cm³/mol. The van der Waals surface area contributed by atoms with Crippen LogP contribution in [0.3, 0.4) is 0 Å². The smallest absolute Gasteiger partial charge is 0.353 e. The lowest BCUT2D eigenvalue weighted by molar-refractivity contribution is -0.184. The summed E-state index contributed by atoms with van der Waals surface area (Å²) < 4.78 is 9.56. The van der Waals surface area contributed by atoms with Crippen molar-refractivity contribution in [3.05, 3.63) is 51.3 Å². The molecule has 0 radical (unpaired) electrons. The van der Waals surface area contributed by atoms with Crippen LogP contribution in [0.15, 0.2) is 39.9 Å². The second-order valence-corrected chi connectivity index (χ2v) is 15.9. The quantitative estimate of drug-likeness (QED) is 0.333. The molecule has 0 amide bonds. The summed E-state index contributed by atoms with van der Waals surface area (Å²) in [4.78, 5) is 41.3. The van der Waals surface area contributed by atoms with E-state index in [1.165, 1.54) is 35.5 Å². The average Bonchev–Trinajstić information content (AvgIpc) is 3.49. The largest absolute Gasteiger partial charge is 0.462 e. The average molecular weight is 628 g/mol. The molecule has 1 aliphatic heterocycles. The highest BCUT2D eigenvalue weighted by Gasteiger charge is 2.73. The number of ether oxygens (including phenoxy) is 1. The topological polar surface area (TPSA) is 123 Å². The number of carbonyl (C=O) groups excluding carboxylic acids is 1. The van der Waals surface area contributed by atoms with Crippen molar-refractivity contribution in [1.29, 1.82) is 10.5 Å². The molecule has 0 saturated heterocycles. The minimum absolute atomic E-state index is 0.0622. The zero-order valence-electron chi connectivity index (χ0n) is 28.3. The molecule has 0 bridgehead atoms. The Hall–Kier alpha value is -3.59. The summed E-state index contributed by atoms with van der Waals surface area (Å²) in [5.41, 5.74) is -4.49. The van der Waals surface area contributed by atoms with E-state index >= 15 is 0 Å². The SMILES string of the molecule is CC(=O)O[C@H]1CC[C@]2(C)C3C[C@@]4(C)C(CCC4[C@@H](C)CCCC(C)C)C[C@]3(C#N)n3c(=O)n(-c4ccccc4)c(=O)n3[C@]2(C#N)C1. The van der Waals surface area contributed by atoms with Gasteiger partial charge < -0.3 is 4.74 Å². The lowest BCUT2D eigenvalue weighted by atomic mass is 9.43. The van der Waals surface area contributed by atoms with Crippen molar-refractivity contribution in [2.24, 2.45) is 40.4 Å². The molecule has 2 aromatic rings. The van der Waals surface area contributed by atoms with Gasteiger partial charge in [-0.1, -0.05) is 72.1 Å². The van der Waals surface area contributed by atoms with E-state index in [1.54, 1.807) is 24.3 Å². The molecule has 3 saturated carbocycles. The first kappa shape index (κ1) is 32.4. The van der Waals surface area contributed by atoms with Crippen LogP contribution in [0.2, 0.25) is 0 Å². The summed E-state index contributed by atoms with van der Waals surface area (Å²) in [6.45, 7) is 12.8. The maximum absolute atomic E-state index is 14.6. The van der Waals surface area contributed by atoms with Gasteiger partial charge in [-0.2, -0.15) is 10.5 Å². The zero-order chi connectivity index (χ0) is 33.2. The normalized spacial score (nSPS) is 36.8. The van der Waals surface area contributed by atoms with Crippen LogP contribution in [0.4, 0.5) is 0 Å². The first-order valence-corrected chi connectivity index (χ1v) is 17.3. The molecule has 9 atom stereocenters. The van der Waals surface area contributed by atoms with Crippen LogP contribution in [0.25, 0.3) is 5.69 Å². The van der Waals surface area contributed by atoms with Crippen molar-refractivity contribution in [1.82, 2.24) is 13.9 Å². The van der Waals surface area contributed by atoms with Gasteiger partial charge in [-0.25, -0.2) is 23.5 Å². The van der Waals surface area contributed by atoms with E-state index in [0.29, 0.717) is 49.1 Å². The Morgan fingerprint density at radius 2 is 1.65 bits per heavy atom. The van der Waals surface area contributed by atoms with Gasteiger partial charge in [0.25, 0.3) is 0 Å². The third kappa shape index (κ3) is 4.40. The number of rotatable bonds is 7. The minimum atomic E-state index is -1.49. The van der Waals surface area contributed by atoms with Crippen molar-refractivity contribution in [3.8, 4) is 17.8 Å². The molecule has 9 heteroatoms. The Balaban J connectivity index is 1.56. The van der Waals surface area contributed by atoms with E-state index < -0.39 is 39.9 Å². The van der Waals surface area contributed by atoms with Crippen molar-refractivity contribution in [3.63, 3.8) is 0 Å². The van der Waals surface area contributed by atoms with E-state index in [1.807, 2.05) is 6.07 Å². The standard InChI is InChI=1S/C37H49N5O4/c1-24(2)11-10-12-25(3)30-16-15-27-19-36(22-38)31(21-34(27,30)5)35(6)18-17-29(46-26(4)43)20-37(35,23-39)42-33(45)40(32(44)41(36)42)28-13-8-7-9-14-28/h7-9,13-14,24-25,27,29-31H,10-12,15-21H2,1-6H3/t25-,27?,29-,30?,31?,34-,35+,36+,37-/m0/s1. The van der Waals surface area contributed by atoms with Crippen LogP contribution in [-0.4, -0.2) is 26.0 Å². The fourth-order valence-corrected chi connectivity index (χ4v) is 10.9. The highest BCUT2D eigenvalue weighted by atomic mass is 16.5. The van der Waals surface area contributed by atoms with Gasteiger partial charge >= 0.3 is 17.3 Å². The third-order valence-electron chi connectivity index (χ3n) is 13.1. The second-order valence-electron chi connectivity index (χ2n) is 15.9. The summed E-state index contributed by atoms with van der Waals surface area (Å²) >= 11 is 0. The number of hydrogen-bond donors (Lipinski definition) is 0. The number of nitrogens with zero attached hydrogens (tertiary/aromatic N) is 5. The van der Waals surface area contributed by atoms with E-state index in [-0.39, 0.29) is 23.7 Å². The van der Waals surface area contributed by atoms with Gasteiger partial charge in [0.15, 0.2) is 11.1 Å². The number of nitriles is 2. The number of hydrogen-bond acceptors (Lipinski definition) is 6. The molecular formula is C37H49N5O4. The lowest BCUT2D eigenvalue weighted by Gasteiger charge is -2.65. The fraction of sp³-hybridized carbons (Fsp3) is 0.703. The van der Waals surface area contributed by atoms with Crippen molar-refractivity contribution in [2.45, 2.75) is 123 Å².